The summed E-state index contributed by atoms with van der Waals surface area (Å²) in [5.74, 6) is 1.92. The number of nitrogens with zero attached hydrogens (tertiary/aromatic N) is 1. The van der Waals surface area contributed by atoms with Crippen molar-refractivity contribution in [1.82, 2.24) is 4.98 Å². The van der Waals surface area contributed by atoms with Crippen LogP contribution < -0.4 is 15.8 Å². The Morgan fingerprint density at radius 2 is 2.10 bits per heavy atom. The van der Waals surface area contributed by atoms with Gasteiger partial charge in [0.2, 0.25) is 5.88 Å². The van der Waals surface area contributed by atoms with Crippen molar-refractivity contribution in [3.8, 4) is 5.88 Å². The van der Waals surface area contributed by atoms with Gasteiger partial charge in [-0.2, -0.15) is 4.98 Å². The van der Waals surface area contributed by atoms with Crippen molar-refractivity contribution < 1.29 is 9.84 Å². The standard InChI is InChI=1S/C15H23N3O2/c16-12-5-6-13(17-14(12)20-9-11-3-4-11)18-15(10-19)7-1-2-8-15/h5-6,11,19H,1-4,7-10,16H2,(H,17,18). The Bertz CT molecular complexity index is 468. The highest BCUT2D eigenvalue weighted by Gasteiger charge is 2.33. The predicted octanol–water partition coefficient (Wildman–Crippen LogP) is 2.17. The topological polar surface area (TPSA) is 80.4 Å². The van der Waals surface area contributed by atoms with Crippen LogP contribution in [-0.2, 0) is 0 Å². The zero-order chi connectivity index (χ0) is 14.0. The van der Waals surface area contributed by atoms with E-state index in [1.807, 2.05) is 12.1 Å². The summed E-state index contributed by atoms with van der Waals surface area (Å²) in [6, 6.07) is 3.67. The molecule has 1 aromatic heterocycles. The van der Waals surface area contributed by atoms with Gasteiger partial charge in [0.15, 0.2) is 0 Å². The van der Waals surface area contributed by atoms with E-state index in [9.17, 15) is 5.11 Å². The van der Waals surface area contributed by atoms with Crippen LogP contribution in [0.15, 0.2) is 12.1 Å². The number of nitrogen functional groups attached to an aromatic ring is 1. The lowest BCUT2D eigenvalue weighted by Crippen LogP contribution is -2.39. The number of ether oxygens (including phenoxy) is 1. The number of aliphatic hydroxyl groups is 1. The highest BCUT2D eigenvalue weighted by molar-refractivity contribution is 5.54. The fourth-order valence-electron chi connectivity index (χ4n) is 2.76. The minimum atomic E-state index is -0.225. The van der Waals surface area contributed by atoms with Crippen LogP contribution >= 0.6 is 0 Å². The number of anilines is 2. The van der Waals surface area contributed by atoms with Crippen LogP contribution in [0.5, 0.6) is 5.88 Å². The summed E-state index contributed by atoms with van der Waals surface area (Å²) >= 11 is 0. The quantitative estimate of drug-likeness (QED) is 0.742. The highest BCUT2D eigenvalue weighted by Crippen LogP contribution is 2.34. The fraction of sp³-hybridized carbons (Fsp3) is 0.667. The van der Waals surface area contributed by atoms with Gasteiger partial charge in [-0.25, -0.2) is 0 Å². The molecule has 4 N–H and O–H groups in total. The lowest BCUT2D eigenvalue weighted by Gasteiger charge is -2.28. The third kappa shape index (κ3) is 2.98. The summed E-state index contributed by atoms with van der Waals surface area (Å²) in [6.45, 7) is 0.836. The van der Waals surface area contributed by atoms with Crippen molar-refractivity contribution in [2.75, 3.05) is 24.3 Å². The van der Waals surface area contributed by atoms with Crippen LogP contribution in [0.25, 0.3) is 0 Å². The van der Waals surface area contributed by atoms with Crippen molar-refractivity contribution in [3.63, 3.8) is 0 Å². The fourth-order valence-corrected chi connectivity index (χ4v) is 2.76. The maximum atomic E-state index is 9.64. The SMILES string of the molecule is Nc1ccc(NC2(CO)CCCC2)nc1OCC1CC1. The van der Waals surface area contributed by atoms with E-state index in [1.54, 1.807) is 0 Å². The molecule has 1 aromatic rings. The van der Waals surface area contributed by atoms with Gasteiger partial charge in [-0.05, 0) is 43.7 Å². The molecular formula is C15H23N3O2. The molecule has 2 aliphatic rings. The maximum Gasteiger partial charge on any atom is 0.239 e. The molecule has 0 bridgehead atoms. The van der Waals surface area contributed by atoms with Crippen molar-refractivity contribution in [2.45, 2.75) is 44.1 Å². The Kier molecular flexibility index (Phi) is 3.70. The minimum Gasteiger partial charge on any atom is -0.476 e. The van der Waals surface area contributed by atoms with Crippen molar-refractivity contribution in [2.24, 2.45) is 5.92 Å². The molecule has 0 radical (unpaired) electrons. The first-order valence-corrected chi connectivity index (χ1v) is 7.49. The van der Waals surface area contributed by atoms with E-state index in [1.165, 1.54) is 12.8 Å². The van der Waals surface area contributed by atoms with E-state index in [4.69, 9.17) is 10.5 Å². The van der Waals surface area contributed by atoms with E-state index in [-0.39, 0.29) is 12.1 Å². The van der Waals surface area contributed by atoms with E-state index in [0.717, 1.165) is 31.5 Å². The molecule has 0 spiro atoms. The molecule has 0 aliphatic heterocycles. The van der Waals surface area contributed by atoms with Gasteiger partial charge in [0, 0.05) is 0 Å². The van der Waals surface area contributed by atoms with Crippen LogP contribution in [0.4, 0.5) is 11.5 Å². The molecule has 20 heavy (non-hydrogen) atoms. The Morgan fingerprint density at radius 1 is 1.35 bits per heavy atom. The first kappa shape index (κ1) is 13.5. The van der Waals surface area contributed by atoms with Crippen LogP contribution in [0.1, 0.15) is 38.5 Å². The lowest BCUT2D eigenvalue weighted by atomic mass is 9.99. The molecule has 110 valence electrons. The molecule has 5 nitrogen and oxygen atoms in total. The summed E-state index contributed by atoms with van der Waals surface area (Å²) in [5.41, 5.74) is 6.25. The first-order chi connectivity index (χ1) is 9.71. The number of rotatable bonds is 6. The van der Waals surface area contributed by atoms with Crippen LogP contribution in [-0.4, -0.2) is 28.8 Å². The molecule has 5 heteroatoms. The molecule has 3 rings (SSSR count). The third-order valence-electron chi connectivity index (χ3n) is 4.30. The van der Waals surface area contributed by atoms with Gasteiger partial charge in [0.05, 0.1) is 24.4 Å². The van der Waals surface area contributed by atoms with Gasteiger partial charge in [0.1, 0.15) is 5.82 Å². The number of hydrogen-bond acceptors (Lipinski definition) is 5. The number of aliphatic hydroxyl groups excluding tert-OH is 1. The second-order valence-corrected chi connectivity index (χ2v) is 6.12. The Labute approximate surface area is 119 Å². The molecule has 0 saturated heterocycles. The van der Waals surface area contributed by atoms with E-state index in [2.05, 4.69) is 10.3 Å². The molecule has 0 unspecified atom stereocenters. The predicted molar refractivity (Wildman–Crippen MR) is 78.8 cm³/mol. The number of hydrogen-bond donors (Lipinski definition) is 3. The Hall–Kier alpha value is -1.49. The number of aromatic nitrogens is 1. The zero-order valence-electron chi connectivity index (χ0n) is 11.8. The van der Waals surface area contributed by atoms with Gasteiger partial charge in [0.25, 0.3) is 0 Å². The van der Waals surface area contributed by atoms with Crippen molar-refractivity contribution in [1.29, 1.82) is 0 Å². The largest absolute Gasteiger partial charge is 0.476 e. The Morgan fingerprint density at radius 3 is 2.75 bits per heavy atom. The monoisotopic (exact) mass is 277 g/mol. The van der Waals surface area contributed by atoms with Crippen LogP contribution in [0.2, 0.25) is 0 Å². The second-order valence-electron chi connectivity index (χ2n) is 6.12. The molecule has 2 aliphatic carbocycles. The molecular weight excluding hydrogens is 254 g/mol. The zero-order valence-corrected chi connectivity index (χ0v) is 11.8. The van der Waals surface area contributed by atoms with Gasteiger partial charge >= 0.3 is 0 Å². The molecule has 0 amide bonds. The average molecular weight is 277 g/mol. The summed E-state index contributed by atoms with van der Waals surface area (Å²) in [4.78, 5) is 4.46. The van der Waals surface area contributed by atoms with E-state index < -0.39 is 0 Å². The average Bonchev–Trinajstić information content (AvgIpc) is 3.18. The maximum absolute atomic E-state index is 9.64. The van der Waals surface area contributed by atoms with Crippen molar-refractivity contribution >= 4 is 11.5 Å². The number of pyridine rings is 1. The molecule has 2 saturated carbocycles. The molecule has 2 fully saturated rings. The van der Waals surface area contributed by atoms with E-state index >= 15 is 0 Å². The molecule has 1 heterocycles. The van der Waals surface area contributed by atoms with Crippen LogP contribution in [0.3, 0.4) is 0 Å². The summed E-state index contributed by atoms with van der Waals surface area (Å²) < 4.78 is 5.69. The minimum absolute atomic E-state index is 0.136. The molecule has 0 aromatic carbocycles. The summed E-state index contributed by atoms with van der Waals surface area (Å²) in [5, 5.41) is 13.0. The second kappa shape index (κ2) is 5.48. The molecule has 0 atom stereocenters. The van der Waals surface area contributed by atoms with Gasteiger partial charge in [-0.15, -0.1) is 0 Å². The highest BCUT2D eigenvalue weighted by atomic mass is 16.5. The lowest BCUT2D eigenvalue weighted by molar-refractivity contribution is 0.213. The third-order valence-corrected chi connectivity index (χ3v) is 4.30. The van der Waals surface area contributed by atoms with Gasteiger partial charge in [-0.3, -0.25) is 0 Å². The van der Waals surface area contributed by atoms with Crippen LogP contribution in [0, 0.1) is 5.92 Å². The number of nitrogens with two attached hydrogens (primary N) is 1. The number of nitrogens with one attached hydrogen (secondary N) is 1. The smallest absolute Gasteiger partial charge is 0.239 e. The summed E-state index contributed by atoms with van der Waals surface area (Å²) in [6.07, 6.45) is 6.74. The van der Waals surface area contributed by atoms with Gasteiger partial charge in [-0.1, -0.05) is 12.8 Å². The first-order valence-electron chi connectivity index (χ1n) is 7.49. The summed E-state index contributed by atoms with van der Waals surface area (Å²) in [7, 11) is 0. The normalized spacial score (nSPS) is 20.9. The van der Waals surface area contributed by atoms with E-state index in [0.29, 0.717) is 24.1 Å². The van der Waals surface area contributed by atoms with Crippen molar-refractivity contribution in [3.05, 3.63) is 12.1 Å². The van der Waals surface area contributed by atoms with Gasteiger partial charge < -0.3 is 20.9 Å². The Balaban J connectivity index is 1.70.